The smallest absolute Gasteiger partial charge is 0.275 e. The zero-order valence-corrected chi connectivity index (χ0v) is 13.2. The number of rotatable bonds is 6. The fraction of sp³-hybridized carbons (Fsp3) is 0.235. The third-order valence-electron chi connectivity index (χ3n) is 3.28. The average molecular weight is 322 g/mol. The first-order valence-corrected chi connectivity index (χ1v) is 7.47. The van der Waals surface area contributed by atoms with Gasteiger partial charge in [0.2, 0.25) is 0 Å². The molecule has 0 fully saturated rings. The molecule has 0 bridgehead atoms. The van der Waals surface area contributed by atoms with Gasteiger partial charge in [0, 0.05) is 17.1 Å². The number of quaternary nitrogens is 1. The fourth-order valence-corrected chi connectivity index (χ4v) is 2.28. The van der Waals surface area contributed by atoms with Gasteiger partial charge in [-0.25, -0.2) is 4.39 Å². The van der Waals surface area contributed by atoms with E-state index in [1.54, 1.807) is 24.3 Å². The second-order valence-electron chi connectivity index (χ2n) is 5.34. The molecule has 1 unspecified atom stereocenters. The number of amides is 1. The van der Waals surface area contributed by atoms with Crippen LogP contribution in [-0.4, -0.2) is 19.5 Å². The van der Waals surface area contributed by atoms with Gasteiger partial charge >= 0.3 is 0 Å². The first-order chi connectivity index (χ1) is 10.5. The molecule has 2 aromatic rings. The molecule has 116 valence electrons. The molecule has 0 aliphatic rings. The molecule has 1 amide bonds. The third-order valence-corrected chi connectivity index (χ3v) is 3.54. The highest BCUT2D eigenvalue weighted by atomic mass is 35.5. The number of benzene rings is 2. The molecule has 0 saturated heterocycles. The number of carbonyl (C=O) groups is 1. The van der Waals surface area contributed by atoms with E-state index in [1.807, 2.05) is 19.2 Å². The minimum absolute atomic E-state index is 0.0189. The van der Waals surface area contributed by atoms with Crippen LogP contribution in [0.3, 0.4) is 0 Å². The van der Waals surface area contributed by atoms with Crippen LogP contribution in [0.25, 0.3) is 0 Å². The van der Waals surface area contributed by atoms with Crippen molar-refractivity contribution < 1.29 is 14.1 Å². The Hall–Kier alpha value is -1.91. The Morgan fingerprint density at radius 1 is 1.09 bits per heavy atom. The van der Waals surface area contributed by atoms with Crippen molar-refractivity contribution in [2.75, 3.05) is 13.6 Å². The Morgan fingerprint density at radius 2 is 1.68 bits per heavy atom. The van der Waals surface area contributed by atoms with E-state index in [-0.39, 0.29) is 11.7 Å². The maximum absolute atomic E-state index is 12.8. The van der Waals surface area contributed by atoms with Gasteiger partial charge in [0.25, 0.3) is 5.91 Å². The summed E-state index contributed by atoms with van der Waals surface area (Å²) >= 11 is 5.82. The van der Waals surface area contributed by atoms with Crippen molar-refractivity contribution in [2.45, 2.75) is 13.1 Å². The van der Waals surface area contributed by atoms with E-state index >= 15 is 0 Å². The largest absolute Gasteiger partial charge is 0.347 e. The monoisotopic (exact) mass is 321 g/mol. The minimum Gasteiger partial charge on any atom is -0.347 e. The topological polar surface area (TPSA) is 33.5 Å². The molecule has 0 radical (unpaired) electrons. The van der Waals surface area contributed by atoms with Gasteiger partial charge in [-0.3, -0.25) is 4.79 Å². The van der Waals surface area contributed by atoms with Crippen molar-refractivity contribution in [2.24, 2.45) is 0 Å². The number of likely N-dealkylation sites (N-methyl/N-ethyl adjacent to an activating group) is 1. The Kier molecular flexibility index (Phi) is 5.92. The first-order valence-electron chi connectivity index (χ1n) is 7.10. The van der Waals surface area contributed by atoms with Gasteiger partial charge < -0.3 is 10.2 Å². The lowest BCUT2D eigenvalue weighted by atomic mass is 10.2. The van der Waals surface area contributed by atoms with Crippen LogP contribution in [-0.2, 0) is 17.9 Å². The number of hydrogen-bond acceptors (Lipinski definition) is 1. The van der Waals surface area contributed by atoms with E-state index in [0.717, 1.165) is 16.0 Å². The van der Waals surface area contributed by atoms with E-state index < -0.39 is 0 Å². The molecule has 2 N–H and O–H groups in total. The van der Waals surface area contributed by atoms with Crippen LogP contribution in [0.2, 0.25) is 5.02 Å². The number of halogens is 2. The molecule has 0 saturated carbocycles. The average Bonchev–Trinajstić information content (AvgIpc) is 2.49. The highest BCUT2D eigenvalue weighted by Crippen LogP contribution is 2.08. The summed E-state index contributed by atoms with van der Waals surface area (Å²) in [6.45, 7) is 1.53. The predicted molar refractivity (Wildman–Crippen MR) is 85.2 cm³/mol. The number of nitrogens with one attached hydrogen (secondary N) is 2. The molecular formula is C17H19ClFN2O+. The quantitative estimate of drug-likeness (QED) is 0.836. The molecule has 1 atom stereocenters. The summed E-state index contributed by atoms with van der Waals surface area (Å²) in [5.41, 5.74) is 2.01. The summed E-state index contributed by atoms with van der Waals surface area (Å²) in [6.07, 6.45) is 0. The highest BCUT2D eigenvalue weighted by Gasteiger charge is 2.10. The van der Waals surface area contributed by atoms with E-state index in [1.165, 1.54) is 12.1 Å². The summed E-state index contributed by atoms with van der Waals surface area (Å²) < 4.78 is 12.8. The first kappa shape index (κ1) is 16.5. The van der Waals surface area contributed by atoms with E-state index in [9.17, 15) is 9.18 Å². The van der Waals surface area contributed by atoms with Crippen molar-refractivity contribution >= 4 is 17.5 Å². The number of carbonyl (C=O) groups excluding carboxylic acids is 1. The van der Waals surface area contributed by atoms with Gasteiger partial charge in [-0.1, -0.05) is 35.9 Å². The third kappa shape index (κ3) is 5.47. The zero-order valence-electron chi connectivity index (χ0n) is 12.4. The maximum Gasteiger partial charge on any atom is 0.275 e. The SMILES string of the molecule is C[NH+](CC(=O)NCc1ccc(Cl)cc1)Cc1ccc(F)cc1. The van der Waals surface area contributed by atoms with Crippen molar-refractivity contribution in [1.29, 1.82) is 0 Å². The van der Waals surface area contributed by atoms with Gasteiger partial charge in [0.15, 0.2) is 6.54 Å². The van der Waals surface area contributed by atoms with Gasteiger partial charge in [-0.15, -0.1) is 0 Å². The fourth-order valence-electron chi connectivity index (χ4n) is 2.15. The predicted octanol–water partition coefficient (Wildman–Crippen LogP) is 1.81. The molecule has 0 heterocycles. The van der Waals surface area contributed by atoms with Gasteiger partial charge in [-0.05, 0) is 29.8 Å². The molecule has 0 spiro atoms. The van der Waals surface area contributed by atoms with Crippen LogP contribution >= 0.6 is 11.6 Å². The molecule has 22 heavy (non-hydrogen) atoms. The summed E-state index contributed by atoms with van der Waals surface area (Å²) in [5.74, 6) is -0.267. The second-order valence-corrected chi connectivity index (χ2v) is 5.78. The lowest BCUT2D eigenvalue weighted by Gasteiger charge is -2.14. The lowest BCUT2D eigenvalue weighted by Crippen LogP contribution is -3.08. The van der Waals surface area contributed by atoms with E-state index in [0.29, 0.717) is 24.7 Å². The summed E-state index contributed by atoms with van der Waals surface area (Å²) in [4.78, 5) is 13.0. The Bertz CT molecular complexity index is 614. The molecule has 3 nitrogen and oxygen atoms in total. The molecule has 2 rings (SSSR count). The molecule has 2 aromatic carbocycles. The molecule has 5 heteroatoms. The highest BCUT2D eigenvalue weighted by molar-refractivity contribution is 6.30. The molecule has 0 aliphatic carbocycles. The Labute approximate surface area is 134 Å². The van der Waals surface area contributed by atoms with Crippen LogP contribution in [0.1, 0.15) is 11.1 Å². The van der Waals surface area contributed by atoms with Crippen LogP contribution < -0.4 is 10.2 Å². The van der Waals surface area contributed by atoms with Crippen LogP contribution in [0.15, 0.2) is 48.5 Å². The Balaban J connectivity index is 1.76. The van der Waals surface area contributed by atoms with E-state index in [4.69, 9.17) is 11.6 Å². The van der Waals surface area contributed by atoms with Gasteiger partial charge in [-0.2, -0.15) is 0 Å². The maximum atomic E-state index is 12.8. The zero-order chi connectivity index (χ0) is 15.9. The van der Waals surface area contributed by atoms with Crippen LogP contribution in [0, 0.1) is 5.82 Å². The number of hydrogen-bond donors (Lipinski definition) is 2. The summed E-state index contributed by atoms with van der Waals surface area (Å²) in [7, 11) is 1.94. The van der Waals surface area contributed by atoms with Crippen LogP contribution in [0.5, 0.6) is 0 Å². The Morgan fingerprint density at radius 3 is 2.32 bits per heavy atom. The van der Waals surface area contributed by atoms with Crippen molar-refractivity contribution in [1.82, 2.24) is 5.32 Å². The van der Waals surface area contributed by atoms with Crippen LogP contribution in [0.4, 0.5) is 4.39 Å². The molecular weight excluding hydrogens is 303 g/mol. The standard InChI is InChI=1S/C17H18ClFN2O/c1-21(11-14-4-8-16(19)9-5-14)12-17(22)20-10-13-2-6-15(18)7-3-13/h2-9H,10-12H2,1H3,(H,20,22)/p+1. The molecule has 0 aromatic heterocycles. The lowest BCUT2D eigenvalue weighted by molar-refractivity contribution is -0.885. The minimum atomic E-state index is -0.248. The van der Waals surface area contributed by atoms with E-state index in [2.05, 4.69) is 5.32 Å². The van der Waals surface area contributed by atoms with Gasteiger partial charge in [0.05, 0.1) is 7.05 Å². The normalized spacial score (nSPS) is 12.0. The summed E-state index contributed by atoms with van der Waals surface area (Å²) in [5, 5.41) is 3.56. The van der Waals surface area contributed by atoms with Crippen molar-refractivity contribution in [3.63, 3.8) is 0 Å². The second kappa shape index (κ2) is 7.92. The van der Waals surface area contributed by atoms with Crippen molar-refractivity contribution in [3.8, 4) is 0 Å². The molecule has 0 aliphatic heterocycles. The van der Waals surface area contributed by atoms with Crippen molar-refractivity contribution in [3.05, 3.63) is 70.5 Å². The summed E-state index contributed by atoms with van der Waals surface area (Å²) in [6, 6.07) is 13.7. The van der Waals surface area contributed by atoms with Gasteiger partial charge in [0.1, 0.15) is 12.4 Å².